The Hall–Kier alpha value is -0.790. The molecule has 0 fully saturated rings. The molecule has 0 bridgehead atoms. The first-order valence-corrected chi connectivity index (χ1v) is 8.90. The molecule has 0 unspecified atom stereocenters. The van der Waals surface area contributed by atoms with Crippen LogP contribution >= 0.6 is 11.8 Å². The van der Waals surface area contributed by atoms with E-state index in [2.05, 4.69) is 10.6 Å². The van der Waals surface area contributed by atoms with Gasteiger partial charge in [-0.2, -0.15) is 11.8 Å². The minimum atomic E-state index is 0.0783. The molecule has 0 aromatic heterocycles. The number of hydrogen-bond acceptors (Lipinski definition) is 5. The number of nitrogens with zero attached hydrogens (tertiary/aromatic N) is 2. The smallest absolute Gasteiger partial charge is 0.230 e. The quantitative estimate of drug-likeness (QED) is 0.502. The van der Waals surface area contributed by atoms with E-state index >= 15 is 0 Å². The molecule has 1 atom stereocenters. The molecule has 0 spiro atoms. The van der Waals surface area contributed by atoms with Gasteiger partial charge in [0.2, 0.25) is 11.8 Å². The maximum atomic E-state index is 11.7. The Labute approximate surface area is 139 Å². The van der Waals surface area contributed by atoms with Crippen LogP contribution in [0.1, 0.15) is 19.8 Å². The third kappa shape index (κ3) is 14.2. The first-order valence-electron chi connectivity index (χ1n) is 7.74. The van der Waals surface area contributed by atoms with Gasteiger partial charge in [0.25, 0.3) is 0 Å². The van der Waals surface area contributed by atoms with Gasteiger partial charge >= 0.3 is 0 Å². The molecule has 0 saturated heterocycles. The van der Waals surface area contributed by atoms with E-state index in [1.165, 1.54) is 0 Å². The highest BCUT2D eigenvalue weighted by Crippen LogP contribution is 2.04. The maximum Gasteiger partial charge on any atom is 0.230 e. The third-order valence-electron chi connectivity index (χ3n) is 3.00. The van der Waals surface area contributed by atoms with Gasteiger partial charge in [-0.05, 0) is 47.3 Å². The maximum absolute atomic E-state index is 11.7. The van der Waals surface area contributed by atoms with Crippen LogP contribution in [0.3, 0.4) is 0 Å². The highest BCUT2D eigenvalue weighted by Gasteiger charge is 2.08. The Morgan fingerprint density at radius 2 is 1.68 bits per heavy atom. The fourth-order valence-electron chi connectivity index (χ4n) is 1.64. The Morgan fingerprint density at radius 3 is 2.27 bits per heavy atom. The molecule has 22 heavy (non-hydrogen) atoms. The van der Waals surface area contributed by atoms with Crippen molar-refractivity contribution in [3.8, 4) is 0 Å². The third-order valence-corrected chi connectivity index (χ3v) is 3.99. The fraction of sp³-hybridized carbons (Fsp3) is 0.867. The zero-order valence-electron chi connectivity index (χ0n) is 14.6. The summed E-state index contributed by atoms with van der Waals surface area (Å²) in [6.45, 7) is 4.31. The Morgan fingerprint density at radius 1 is 1.05 bits per heavy atom. The van der Waals surface area contributed by atoms with Gasteiger partial charge in [0.1, 0.15) is 0 Å². The predicted octanol–water partition coefficient (Wildman–Crippen LogP) is 0.244. The first-order chi connectivity index (χ1) is 10.3. The second kappa shape index (κ2) is 12.7. The van der Waals surface area contributed by atoms with E-state index in [1.807, 2.05) is 44.9 Å². The summed E-state index contributed by atoms with van der Waals surface area (Å²) >= 11 is 1.61. The van der Waals surface area contributed by atoms with E-state index in [0.717, 1.165) is 25.3 Å². The first kappa shape index (κ1) is 21.2. The lowest BCUT2D eigenvalue weighted by Gasteiger charge is -2.15. The number of rotatable bonds is 12. The number of likely N-dealkylation sites (N-methyl/N-ethyl adjacent to an activating group) is 1. The van der Waals surface area contributed by atoms with Gasteiger partial charge in [-0.1, -0.05) is 0 Å². The summed E-state index contributed by atoms with van der Waals surface area (Å²) < 4.78 is 0. The van der Waals surface area contributed by atoms with Crippen molar-refractivity contribution < 1.29 is 9.59 Å². The van der Waals surface area contributed by atoms with Crippen molar-refractivity contribution in [1.82, 2.24) is 20.4 Å². The molecule has 0 aliphatic heterocycles. The molecule has 6 nitrogen and oxygen atoms in total. The molecule has 0 heterocycles. The van der Waals surface area contributed by atoms with E-state index in [-0.39, 0.29) is 17.9 Å². The molecule has 2 N–H and O–H groups in total. The molecule has 0 radical (unpaired) electrons. The molecular formula is C15H32N4O2S. The van der Waals surface area contributed by atoms with Gasteiger partial charge in [-0.15, -0.1) is 0 Å². The van der Waals surface area contributed by atoms with E-state index in [0.29, 0.717) is 18.7 Å². The van der Waals surface area contributed by atoms with Gasteiger partial charge in [-0.3, -0.25) is 9.59 Å². The molecule has 130 valence electrons. The minimum Gasteiger partial charge on any atom is -0.354 e. The van der Waals surface area contributed by atoms with Crippen molar-refractivity contribution in [3.63, 3.8) is 0 Å². The molecule has 7 heteroatoms. The number of hydrogen-bond donors (Lipinski definition) is 2. The van der Waals surface area contributed by atoms with E-state index < -0.39 is 0 Å². The van der Waals surface area contributed by atoms with Gasteiger partial charge in [0.05, 0.1) is 5.75 Å². The van der Waals surface area contributed by atoms with Crippen LogP contribution in [0, 0.1) is 0 Å². The van der Waals surface area contributed by atoms with Gasteiger partial charge in [0, 0.05) is 32.1 Å². The molecule has 0 aliphatic rings. The van der Waals surface area contributed by atoms with Gasteiger partial charge in [-0.25, -0.2) is 0 Å². The number of carbonyl (C=O) groups is 2. The highest BCUT2D eigenvalue weighted by molar-refractivity contribution is 7.99. The molecule has 2 amide bonds. The van der Waals surface area contributed by atoms with Gasteiger partial charge < -0.3 is 20.4 Å². The lowest BCUT2D eigenvalue weighted by atomic mass is 10.2. The minimum absolute atomic E-state index is 0.0783. The van der Waals surface area contributed by atoms with Crippen molar-refractivity contribution in [2.45, 2.75) is 25.8 Å². The summed E-state index contributed by atoms with van der Waals surface area (Å²) in [6, 6.07) is 0.152. The lowest BCUT2D eigenvalue weighted by molar-refractivity contribution is -0.122. The molecule has 0 rings (SSSR count). The Kier molecular flexibility index (Phi) is 12.3. The van der Waals surface area contributed by atoms with Crippen LogP contribution in [-0.2, 0) is 9.59 Å². The lowest BCUT2D eigenvalue weighted by Crippen LogP contribution is -2.35. The molecule has 0 saturated carbocycles. The zero-order valence-corrected chi connectivity index (χ0v) is 15.5. The van der Waals surface area contributed by atoms with Crippen LogP contribution in [0.5, 0.6) is 0 Å². The van der Waals surface area contributed by atoms with Crippen LogP contribution in [0.15, 0.2) is 0 Å². The van der Waals surface area contributed by atoms with Crippen LogP contribution in [0.2, 0.25) is 0 Å². The number of thioether (sulfide) groups is 1. The molecule has 0 aromatic rings. The normalized spacial score (nSPS) is 12.5. The summed E-state index contributed by atoms with van der Waals surface area (Å²) in [5.41, 5.74) is 0. The van der Waals surface area contributed by atoms with Crippen molar-refractivity contribution in [2.75, 3.05) is 59.3 Å². The zero-order chi connectivity index (χ0) is 17.0. The van der Waals surface area contributed by atoms with Crippen LogP contribution < -0.4 is 10.6 Å². The summed E-state index contributed by atoms with van der Waals surface area (Å²) in [6.07, 6.45) is 1.40. The monoisotopic (exact) mass is 332 g/mol. The average Bonchev–Trinajstić information content (AvgIpc) is 2.41. The fourth-order valence-corrected chi connectivity index (χ4v) is 2.59. The Bertz CT molecular complexity index is 325. The molecular weight excluding hydrogens is 300 g/mol. The standard InChI is InChI=1S/C15H32N4O2S/c1-13(17-14(20)6-9-18(2)3)7-11-22-12-15(21)16-8-10-19(4)5/h13H,6-12H2,1-5H3,(H,16,21)(H,17,20)/t13-/m1/s1. The van der Waals surface area contributed by atoms with E-state index in [4.69, 9.17) is 0 Å². The second-order valence-electron chi connectivity index (χ2n) is 6.02. The van der Waals surface area contributed by atoms with Crippen molar-refractivity contribution in [1.29, 1.82) is 0 Å². The van der Waals surface area contributed by atoms with E-state index in [1.54, 1.807) is 11.8 Å². The van der Waals surface area contributed by atoms with E-state index in [9.17, 15) is 9.59 Å². The summed E-state index contributed by atoms with van der Waals surface area (Å²) in [5, 5.41) is 5.87. The largest absolute Gasteiger partial charge is 0.354 e. The number of amides is 2. The average molecular weight is 333 g/mol. The van der Waals surface area contributed by atoms with Crippen molar-refractivity contribution in [3.05, 3.63) is 0 Å². The van der Waals surface area contributed by atoms with Crippen LogP contribution in [0.25, 0.3) is 0 Å². The number of nitrogens with one attached hydrogen (secondary N) is 2. The van der Waals surface area contributed by atoms with Crippen molar-refractivity contribution in [2.24, 2.45) is 0 Å². The Balaban J connectivity index is 3.57. The SMILES string of the molecule is C[C@H](CCSCC(=O)NCCN(C)C)NC(=O)CCN(C)C. The molecule has 0 aromatic carbocycles. The van der Waals surface area contributed by atoms with Crippen LogP contribution in [0.4, 0.5) is 0 Å². The summed E-state index contributed by atoms with van der Waals surface area (Å²) in [5.74, 6) is 1.52. The predicted molar refractivity (Wildman–Crippen MR) is 94.3 cm³/mol. The summed E-state index contributed by atoms with van der Waals surface area (Å²) in [7, 11) is 7.87. The summed E-state index contributed by atoms with van der Waals surface area (Å²) in [4.78, 5) is 27.3. The highest BCUT2D eigenvalue weighted by atomic mass is 32.2. The second-order valence-corrected chi connectivity index (χ2v) is 7.12. The topological polar surface area (TPSA) is 64.7 Å². The van der Waals surface area contributed by atoms with Crippen molar-refractivity contribution >= 4 is 23.6 Å². The number of carbonyl (C=O) groups excluding carboxylic acids is 2. The molecule has 0 aliphatic carbocycles. The van der Waals surface area contributed by atoms with Crippen LogP contribution in [-0.4, -0.2) is 87.0 Å². The van der Waals surface area contributed by atoms with Gasteiger partial charge in [0.15, 0.2) is 0 Å².